The number of hydrogen-bond donors (Lipinski definition) is 2. The van der Waals surface area contributed by atoms with Gasteiger partial charge in [-0.1, -0.05) is 41.6 Å². The minimum Gasteiger partial charge on any atom is -0.368 e. The number of rotatable bonds is 6. The van der Waals surface area contributed by atoms with Crippen molar-refractivity contribution in [3.8, 4) is 6.07 Å². The third kappa shape index (κ3) is 4.21. The predicted octanol–water partition coefficient (Wildman–Crippen LogP) is 2.05. The van der Waals surface area contributed by atoms with Gasteiger partial charge in [0.1, 0.15) is 24.0 Å². The molecule has 9 nitrogen and oxygen atoms in total. The Morgan fingerprint density at radius 1 is 1.41 bits per heavy atom. The molecule has 0 atom stereocenters. The minimum atomic E-state index is -0.374. The lowest BCUT2D eigenvalue weighted by molar-refractivity contribution is -0.116. The number of nitrogens with zero attached hydrogens (tertiary/aromatic N) is 6. The van der Waals surface area contributed by atoms with Crippen LogP contribution in [0.1, 0.15) is 11.1 Å². The van der Waals surface area contributed by atoms with Gasteiger partial charge in [-0.3, -0.25) is 14.0 Å². The van der Waals surface area contributed by atoms with Crippen LogP contribution < -0.4 is 11.1 Å². The lowest BCUT2D eigenvalue weighted by atomic mass is 10.2. The summed E-state index contributed by atoms with van der Waals surface area (Å²) in [7, 11) is 1.63. The first-order valence-corrected chi connectivity index (χ1v) is 9.12. The number of thioether (sulfide) groups is 1. The molecule has 1 amide bonds. The van der Waals surface area contributed by atoms with Crippen molar-refractivity contribution in [2.75, 3.05) is 11.1 Å². The summed E-state index contributed by atoms with van der Waals surface area (Å²) in [4.78, 5) is 12.4. The van der Waals surface area contributed by atoms with Gasteiger partial charge in [0, 0.05) is 17.8 Å². The van der Waals surface area contributed by atoms with Gasteiger partial charge in [-0.05, 0) is 11.6 Å². The molecule has 0 bridgehead atoms. The number of nitrogens with two attached hydrogens (primary N) is 1. The molecular formula is C16H15ClN8OS. The Labute approximate surface area is 164 Å². The van der Waals surface area contributed by atoms with Crippen molar-refractivity contribution in [2.24, 2.45) is 7.05 Å². The third-order valence-electron chi connectivity index (χ3n) is 3.68. The molecular weight excluding hydrogens is 388 g/mol. The molecule has 0 radical (unpaired) electrons. The fourth-order valence-electron chi connectivity index (χ4n) is 2.30. The number of anilines is 2. The van der Waals surface area contributed by atoms with E-state index < -0.39 is 0 Å². The summed E-state index contributed by atoms with van der Waals surface area (Å²) in [5, 5.41) is 24.7. The van der Waals surface area contributed by atoms with E-state index in [0.717, 1.165) is 5.56 Å². The molecule has 0 aliphatic carbocycles. The molecule has 3 rings (SSSR count). The van der Waals surface area contributed by atoms with Gasteiger partial charge in [0.15, 0.2) is 5.16 Å². The summed E-state index contributed by atoms with van der Waals surface area (Å²) < 4.78 is 2.91. The smallest absolute Gasteiger partial charge is 0.245 e. The summed E-state index contributed by atoms with van der Waals surface area (Å²) >= 11 is 7.53. The molecule has 0 saturated heterocycles. The van der Waals surface area contributed by atoms with Crippen molar-refractivity contribution in [1.82, 2.24) is 24.5 Å². The third-order valence-corrected chi connectivity index (χ3v) is 5.06. The molecule has 0 spiro atoms. The SMILES string of the molecule is Cn1ncc(C#N)c1NC(=O)Cn1c(N)nnc1SCc1ccccc1Cl. The maximum atomic E-state index is 12.4. The first kappa shape index (κ1) is 18.8. The zero-order valence-corrected chi connectivity index (χ0v) is 15.8. The number of benzene rings is 1. The van der Waals surface area contributed by atoms with Crippen LogP contribution in [0.5, 0.6) is 0 Å². The molecule has 3 aromatic rings. The zero-order chi connectivity index (χ0) is 19.4. The minimum absolute atomic E-state index is 0.0975. The highest BCUT2D eigenvalue weighted by atomic mass is 35.5. The maximum absolute atomic E-state index is 12.4. The molecule has 1 aromatic carbocycles. The lowest BCUT2D eigenvalue weighted by Gasteiger charge is -2.10. The summed E-state index contributed by atoms with van der Waals surface area (Å²) in [5.41, 5.74) is 7.06. The van der Waals surface area contributed by atoms with Crippen LogP contribution in [0.15, 0.2) is 35.6 Å². The Kier molecular flexibility index (Phi) is 5.63. The number of carbonyl (C=O) groups excluding carboxylic acids is 1. The zero-order valence-electron chi connectivity index (χ0n) is 14.3. The van der Waals surface area contributed by atoms with Crippen LogP contribution in [0.3, 0.4) is 0 Å². The average Bonchev–Trinajstić information content (AvgIpc) is 3.18. The van der Waals surface area contributed by atoms with Crippen LogP contribution in [-0.4, -0.2) is 30.5 Å². The van der Waals surface area contributed by atoms with E-state index >= 15 is 0 Å². The number of nitrogen functional groups attached to an aromatic ring is 1. The van der Waals surface area contributed by atoms with Gasteiger partial charge < -0.3 is 11.1 Å². The highest BCUT2D eigenvalue weighted by Gasteiger charge is 2.17. The molecule has 27 heavy (non-hydrogen) atoms. The number of halogens is 1. The molecule has 2 aromatic heterocycles. The van der Waals surface area contributed by atoms with Crippen LogP contribution in [-0.2, 0) is 24.1 Å². The normalized spacial score (nSPS) is 10.6. The standard InChI is InChI=1S/C16H15ClN8OS/c1-24-14(11(6-18)7-20-24)21-13(26)8-25-15(19)22-23-16(25)27-9-10-4-2-3-5-12(10)17/h2-5,7H,8-9H2,1H3,(H2,19,22)(H,21,26). The molecule has 3 N–H and O–H groups in total. The van der Waals surface area contributed by atoms with Gasteiger partial charge in [0.2, 0.25) is 11.9 Å². The van der Waals surface area contributed by atoms with E-state index in [1.165, 1.54) is 27.2 Å². The fraction of sp³-hybridized carbons (Fsp3) is 0.188. The summed E-state index contributed by atoms with van der Waals surface area (Å²) in [6.07, 6.45) is 1.38. The second-order valence-electron chi connectivity index (χ2n) is 5.50. The van der Waals surface area contributed by atoms with Crippen molar-refractivity contribution < 1.29 is 4.79 Å². The Morgan fingerprint density at radius 2 is 2.19 bits per heavy atom. The highest BCUT2D eigenvalue weighted by molar-refractivity contribution is 7.98. The summed E-state index contributed by atoms with van der Waals surface area (Å²) in [6.45, 7) is -0.0975. The molecule has 0 aliphatic heterocycles. The first-order valence-electron chi connectivity index (χ1n) is 7.76. The lowest BCUT2D eigenvalue weighted by Crippen LogP contribution is -2.22. The van der Waals surface area contributed by atoms with Crippen LogP contribution >= 0.6 is 23.4 Å². The summed E-state index contributed by atoms with van der Waals surface area (Å²) in [6, 6.07) is 9.46. The van der Waals surface area contributed by atoms with Crippen LogP contribution in [0.4, 0.5) is 11.8 Å². The Balaban J connectivity index is 1.71. The van der Waals surface area contributed by atoms with Crippen molar-refractivity contribution >= 4 is 41.0 Å². The Morgan fingerprint density at radius 3 is 2.93 bits per heavy atom. The second kappa shape index (κ2) is 8.11. The van der Waals surface area contributed by atoms with Crippen molar-refractivity contribution in [3.63, 3.8) is 0 Å². The van der Waals surface area contributed by atoms with E-state index in [2.05, 4.69) is 20.6 Å². The number of aromatic nitrogens is 5. The molecule has 0 saturated carbocycles. The molecule has 138 valence electrons. The second-order valence-corrected chi connectivity index (χ2v) is 6.85. The number of hydrogen-bond acceptors (Lipinski definition) is 7. The molecule has 0 aliphatic rings. The van der Waals surface area contributed by atoms with E-state index in [4.69, 9.17) is 22.6 Å². The molecule has 0 unspecified atom stereocenters. The van der Waals surface area contributed by atoms with Crippen molar-refractivity contribution in [1.29, 1.82) is 5.26 Å². The summed E-state index contributed by atoms with van der Waals surface area (Å²) in [5.74, 6) is 0.623. The van der Waals surface area contributed by atoms with Crippen molar-refractivity contribution in [3.05, 3.63) is 46.6 Å². The largest absolute Gasteiger partial charge is 0.368 e. The van der Waals surface area contributed by atoms with Gasteiger partial charge >= 0.3 is 0 Å². The quantitative estimate of drug-likeness (QED) is 0.604. The number of amides is 1. The van der Waals surface area contributed by atoms with Gasteiger partial charge in [-0.2, -0.15) is 10.4 Å². The molecule has 2 heterocycles. The maximum Gasteiger partial charge on any atom is 0.245 e. The Bertz CT molecular complexity index is 1020. The number of nitriles is 1. The van der Waals surface area contributed by atoms with E-state index in [1.54, 1.807) is 7.05 Å². The topological polar surface area (TPSA) is 127 Å². The molecule has 0 fully saturated rings. The van der Waals surface area contributed by atoms with E-state index in [9.17, 15) is 4.79 Å². The van der Waals surface area contributed by atoms with Gasteiger partial charge in [0.05, 0.1) is 6.20 Å². The monoisotopic (exact) mass is 402 g/mol. The number of aryl methyl sites for hydroxylation is 1. The predicted molar refractivity (Wildman–Crippen MR) is 102 cm³/mol. The van der Waals surface area contributed by atoms with Crippen LogP contribution in [0.25, 0.3) is 0 Å². The van der Waals surface area contributed by atoms with Gasteiger partial charge in [-0.15, -0.1) is 10.2 Å². The molecule has 11 heteroatoms. The highest BCUT2D eigenvalue weighted by Crippen LogP contribution is 2.26. The van der Waals surface area contributed by atoms with Crippen LogP contribution in [0.2, 0.25) is 5.02 Å². The van der Waals surface area contributed by atoms with Crippen LogP contribution in [0, 0.1) is 11.3 Å². The number of nitrogens with one attached hydrogen (secondary N) is 1. The van der Waals surface area contributed by atoms with Gasteiger partial charge in [0.25, 0.3) is 0 Å². The average molecular weight is 403 g/mol. The van der Waals surface area contributed by atoms with Gasteiger partial charge in [-0.25, -0.2) is 0 Å². The van der Waals surface area contributed by atoms with E-state index in [0.29, 0.717) is 21.7 Å². The van der Waals surface area contributed by atoms with E-state index in [1.807, 2.05) is 30.3 Å². The number of carbonyl (C=O) groups is 1. The van der Waals surface area contributed by atoms with E-state index in [-0.39, 0.29) is 24.0 Å². The first-order chi connectivity index (χ1) is 13.0. The van der Waals surface area contributed by atoms with Crippen molar-refractivity contribution in [2.45, 2.75) is 17.5 Å². The fourth-order valence-corrected chi connectivity index (χ4v) is 3.53. The Hall–Kier alpha value is -3.03.